The van der Waals surface area contributed by atoms with Gasteiger partial charge in [0.15, 0.2) is 5.65 Å². The number of nitrogens with zero attached hydrogens (tertiary/aromatic N) is 7. The molecular weight excluding hydrogens is 318 g/mol. The number of ether oxygens (including phenoxy) is 1. The van der Waals surface area contributed by atoms with Crippen LogP contribution in [0.4, 0.5) is 5.82 Å². The highest BCUT2D eigenvalue weighted by molar-refractivity contribution is 5.86. The molecule has 8 nitrogen and oxygen atoms in total. The second-order valence-electron chi connectivity index (χ2n) is 6.46. The maximum atomic E-state index is 5.78. The average molecular weight is 339 g/mol. The van der Waals surface area contributed by atoms with E-state index in [1.807, 2.05) is 32.3 Å². The molecule has 0 atom stereocenters. The second-order valence-corrected chi connectivity index (χ2v) is 6.46. The molecule has 3 aromatic rings. The van der Waals surface area contributed by atoms with Crippen molar-refractivity contribution in [2.45, 2.75) is 19.8 Å². The van der Waals surface area contributed by atoms with Crippen molar-refractivity contribution in [2.75, 3.05) is 24.6 Å². The second kappa shape index (κ2) is 6.62. The third-order valence-corrected chi connectivity index (χ3v) is 4.66. The standard InChI is InChI=1S/C17H21N7O/c1-12-3-4-15(22-21-12)25-10-13-5-7-24(8-6-13)17-14-9-20-23(2)16(14)18-11-19-17/h3-4,9,11,13H,5-8,10H2,1-2H3. The van der Waals surface area contributed by atoms with Gasteiger partial charge in [-0.15, -0.1) is 5.10 Å². The molecule has 0 aromatic carbocycles. The van der Waals surface area contributed by atoms with Crippen LogP contribution in [0.3, 0.4) is 0 Å². The van der Waals surface area contributed by atoms with Gasteiger partial charge in [-0.3, -0.25) is 4.68 Å². The Kier molecular flexibility index (Phi) is 4.17. The minimum Gasteiger partial charge on any atom is -0.476 e. The van der Waals surface area contributed by atoms with Crippen molar-refractivity contribution >= 4 is 16.9 Å². The summed E-state index contributed by atoms with van der Waals surface area (Å²) in [4.78, 5) is 11.1. The SMILES string of the molecule is Cc1ccc(OCC2CCN(c3ncnc4c3cnn4C)CC2)nn1. The first kappa shape index (κ1) is 15.7. The highest BCUT2D eigenvalue weighted by Gasteiger charge is 2.23. The summed E-state index contributed by atoms with van der Waals surface area (Å²) in [6, 6.07) is 3.79. The van der Waals surface area contributed by atoms with Crippen LogP contribution in [0.15, 0.2) is 24.7 Å². The van der Waals surface area contributed by atoms with Crippen molar-refractivity contribution < 1.29 is 4.74 Å². The number of aryl methyl sites for hydroxylation is 2. The van der Waals surface area contributed by atoms with Crippen LogP contribution < -0.4 is 9.64 Å². The molecule has 8 heteroatoms. The van der Waals surface area contributed by atoms with E-state index in [0.717, 1.165) is 48.5 Å². The van der Waals surface area contributed by atoms with Crippen LogP contribution in [0.5, 0.6) is 5.88 Å². The summed E-state index contributed by atoms with van der Waals surface area (Å²) < 4.78 is 7.57. The summed E-state index contributed by atoms with van der Waals surface area (Å²) in [5.74, 6) is 2.09. The van der Waals surface area contributed by atoms with Crippen LogP contribution in [-0.4, -0.2) is 49.6 Å². The molecule has 0 N–H and O–H groups in total. The molecule has 1 saturated heterocycles. The van der Waals surface area contributed by atoms with E-state index in [4.69, 9.17) is 4.74 Å². The number of anilines is 1. The van der Waals surface area contributed by atoms with Crippen molar-refractivity contribution in [1.82, 2.24) is 29.9 Å². The van der Waals surface area contributed by atoms with Crippen LogP contribution in [0.2, 0.25) is 0 Å². The van der Waals surface area contributed by atoms with Gasteiger partial charge < -0.3 is 9.64 Å². The van der Waals surface area contributed by atoms with Crippen LogP contribution in [0.1, 0.15) is 18.5 Å². The molecule has 1 aliphatic rings. The minimum absolute atomic E-state index is 0.519. The Labute approximate surface area is 145 Å². The number of rotatable bonds is 4. The average Bonchev–Trinajstić information content (AvgIpc) is 3.03. The summed E-state index contributed by atoms with van der Waals surface area (Å²) in [7, 11) is 1.90. The molecule has 0 spiro atoms. The fraction of sp³-hybridized carbons (Fsp3) is 0.471. The molecule has 3 aromatic heterocycles. The molecule has 1 aliphatic heterocycles. The van der Waals surface area contributed by atoms with E-state index in [0.29, 0.717) is 18.4 Å². The highest BCUT2D eigenvalue weighted by Crippen LogP contribution is 2.27. The van der Waals surface area contributed by atoms with Gasteiger partial charge in [0.25, 0.3) is 0 Å². The van der Waals surface area contributed by atoms with Crippen molar-refractivity contribution in [2.24, 2.45) is 13.0 Å². The number of fused-ring (bicyclic) bond motifs is 1. The first-order valence-electron chi connectivity index (χ1n) is 8.51. The monoisotopic (exact) mass is 339 g/mol. The van der Waals surface area contributed by atoms with E-state index in [1.165, 1.54) is 0 Å². The lowest BCUT2D eigenvalue weighted by atomic mass is 9.98. The van der Waals surface area contributed by atoms with E-state index < -0.39 is 0 Å². The summed E-state index contributed by atoms with van der Waals surface area (Å²) in [6.07, 6.45) is 5.58. The molecular formula is C17H21N7O. The quantitative estimate of drug-likeness (QED) is 0.716. The molecule has 0 radical (unpaired) electrons. The van der Waals surface area contributed by atoms with Gasteiger partial charge in [0, 0.05) is 26.2 Å². The third-order valence-electron chi connectivity index (χ3n) is 4.66. The zero-order valence-electron chi connectivity index (χ0n) is 14.5. The maximum Gasteiger partial charge on any atom is 0.233 e. The van der Waals surface area contributed by atoms with E-state index in [-0.39, 0.29) is 0 Å². The number of piperidine rings is 1. The highest BCUT2D eigenvalue weighted by atomic mass is 16.5. The van der Waals surface area contributed by atoms with Gasteiger partial charge in [-0.05, 0) is 31.7 Å². The zero-order chi connectivity index (χ0) is 17.2. The summed E-state index contributed by atoms with van der Waals surface area (Å²) >= 11 is 0. The maximum absolute atomic E-state index is 5.78. The molecule has 4 heterocycles. The minimum atomic E-state index is 0.519. The first-order chi connectivity index (χ1) is 12.2. The fourth-order valence-electron chi connectivity index (χ4n) is 3.18. The lowest BCUT2D eigenvalue weighted by Gasteiger charge is -2.32. The van der Waals surface area contributed by atoms with E-state index in [1.54, 1.807) is 11.0 Å². The van der Waals surface area contributed by atoms with E-state index >= 15 is 0 Å². The van der Waals surface area contributed by atoms with Crippen LogP contribution in [-0.2, 0) is 7.05 Å². The first-order valence-corrected chi connectivity index (χ1v) is 8.51. The van der Waals surface area contributed by atoms with Crippen LogP contribution in [0, 0.1) is 12.8 Å². The van der Waals surface area contributed by atoms with Crippen LogP contribution >= 0.6 is 0 Å². The molecule has 4 rings (SSSR count). The largest absolute Gasteiger partial charge is 0.476 e. The Bertz CT molecular complexity index is 853. The van der Waals surface area contributed by atoms with E-state index in [9.17, 15) is 0 Å². The van der Waals surface area contributed by atoms with Crippen molar-refractivity contribution in [3.8, 4) is 5.88 Å². The molecule has 0 unspecified atom stereocenters. The molecule has 25 heavy (non-hydrogen) atoms. The number of hydrogen-bond donors (Lipinski definition) is 0. The summed E-state index contributed by atoms with van der Waals surface area (Å²) in [5, 5.41) is 13.4. The fourth-order valence-corrected chi connectivity index (χ4v) is 3.18. The van der Waals surface area contributed by atoms with Gasteiger partial charge in [-0.25, -0.2) is 9.97 Å². The van der Waals surface area contributed by atoms with Gasteiger partial charge in [-0.1, -0.05) is 0 Å². The molecule has 0 saturated carbocycles. The van der Waals surface area contributed by atoms with Crippen molar-refractivity contribution in [3.63, 3.8) is 0 Å². The smallest absolute Gasteiger partial charge is 0.233 e. The molecule has 0 amide bonds. The van der Waals surface area contributed by atoms with Gasteiger partial charge >= 0.3 is 0 Å². The van der Waals surface area contributed by atoms with Crippen LogP contribution in [0.25, 0.3) is 11.0 Å². The Morgan fingerprint density at radius 1 is 1.16 bits per heavy atom. The predicted molar refractivity (Wildman–Crippen MR) is 93.5 cm³/mol. The lowest BCUT2D eigenvalue weighted by Crippen LogP contribution is -2.36. The zero-order valence-corrected chi connectivity index (χ0v) is 14.5. The molecule has 0 bridgehead atoms. The lowest BCUT2D eigenvalue weighted by molar-refractivity contribution is 0.214. The normalized spacial score (nSPS) is 15.7. The Balaban J connectivity index is 1.37. The number of hydrogen-bond acceptors (Lipinski definition) is 7. The third kappa shape index (κ3) is 3.24. The summed E-state index contributed by atoms with van der Waals surface area (Å²) in [6.45, 7) is 4.50. The van der Waals surface area contributed by atoms with Gasteiger partial charge in [0.05, 0.1) is 23.9 Å². The van der Waals surface area contributed by atoms with Gasteiger partial charge in [-0.2, -0.15) is 10.2 Å². The van der Waals surface area contributed by atoms with Gasteiger partial charge in [0.2, 0.25) is 5.88 Å². The van der Waals surface area contributed by atoms with E-state index in [2.05, 4.69) is 30.2 Å². The predicted octanol–water partition coefficient (Wildman–Crippen LogP) is 1.76. The molecule has 130 valence electrons. The topological polar surface area (TPSA) is 81.9 Å². The molecule has 0 aliphatic carbocycles. The van der Waals surface area contributed by atoms with Crippen molar-refractivity contribution in [3.05, 3.63) is 30.4 Å². The number of aromatic nitrogens is 6. The van der Waals surface area contributed by atoms with Crippen molar-refractivity contribution in [1.29, 1.82) is 0 Å². The Morgan fingerprint density at radius 2 is 2.00 bits per heavy atom. The summed E-state index contributed by atoms with van der Waals surface area (Å²) in [5.41, 5.74) is 1.76. The molecule has 1 fully saturated rings. The van der Waals surface area contributed by atoms with Gasteiger partial charge in [0.1, 0.15) is 12.1 Å². The Morgan fingerprint density at radius 3 is 2.76 bits per heavy atom. The Hall–Kier alpha value is -2.77.